The minimum absolute atomic E-state index is 1.10. The minimum Gasteiger partial charge on any atom is -0.111 e. The predicted octanol–water partition coefficient (Wildman–Crippen LogP) is 10.4. The van der Waals surface area contributed by atoms with Crippen molar-refractivity contribution in [1.29, 1.82) is 0 Å². The third-order valence-electron chi connectivity index (χ3n) is 3.43. The zero-order valence-corrected chi connectivity index (χ0v) is 24.1. The molecular weight excluding hydrogens is 687 g/mol. The van der Waals surface area contributed by atoms with Gasteiger partial charge >= 0.3 is 0 Å². The molecule has 2 atom stereocenters. The van der Waals surface area contributed by atoms with Crippen LogP contribution in [0.4, 0.5) is 0 Å². The van der Waals surface area contributed by atoms with Gasteiger partial charge in [0, 0.05) is 0 Å². The molecule has 0 amide bonds. The van der Waals surface area contributed by atoms with E-state index in [1.54, 1.807) is 0 Å². The lowest BCUT2D eigenvalue weighted by molar-refractivity contribution is 0.409. The van der Waals surface area contributed by atoms with E-state index in [-0.39, 0.29) is 0 Å². The third kappa shape index (κ3) is 4.78. The van der Waals surface area contributed by atoms with Crippen LogP contribution in [0.5, 0.6) is 0 Å². The van der Waals surface area contributed by atoms with Gasteiger partial charge in [-0.15, -0.1) is 23.2 Å². The molecule has 0 spiro atoms. The van der Waals surface area contributed by atoms with Crippen LogP contribution in [-0.4, -0.2) is 34.7 Å². The molecule has 16 heteroatoms. The monoisotopic (exact) mass is 686 g/mol. The summed E-state index contributed by atoms with van der Waals surface area (Å²) in [5.41, 5.74) is 0. The van der Waals surface area contributed by atoms with Crippen molar-refractivity contribution in [1.82, 2.24) is 0 Å². The zero-order valence-electron chi connectivity index (χ0n) is 12.0. The molecule has 0 aromatic carbocycles. The summed E-state index contributed by atoms with van der Waals surface area (Å²) in [7, 11) is 0. The van der Waals surface area contributed by atoms with Gasteiger partial charge in [0.2, 0.25) is 7.59 Å². The largest absolute Gasteiger partial charge is 0.212 e. The van der Waals surface area contributed by atoms with E-state index in [2.05, 4.69) is 0 Å². The summed E-state index contributed by atoms with van der Waals surface area (Å²) in [6, 6.07) is 0. The summed E-state index contributed by atoms with van der Waals surface area (Å²) in [4.78, 5) is -4.39. The van der Waals surface area contributed by atoms with Gasteiger partial charge in [0.05, 0.1) is 0 Å². The Balaban J connectivity index is 6.61. The fourth-order valence-corrected chi connectivity index (χ4v) is 6.09. The maximum Gasteiger partial charge on any atom is 0.212 e. The summed E-state index contributed by atoms with van der Waals surface area (Å²) in [5.74, 6) is 0. The second-order valence-electron chi connectivity index (χ2n) is 5.30. The molecule has 0 bridgehead atoms. The van der Waals surface area contributed by atoms with Crippen molar-refractivity contribution >= 4 is 186 Å². The number of alkyl halides is 16. The molecule has 0 fully saturated rings. The Morgan fingerprint density at radius 1 is 0.308 bits per heavy atom. The van der Waals surface area contributed by atoms with Crippen LogP contribution < -0.4 is 0 Å². The van der Waals surface area contributed by atoms with Crippen molar-refractivity contribution in [2.45, 2.75) is 48.5 Å². The van der Waals surface area contributed by atoms with Gasteiger partial charge in [-0.3, -0.25) is 0 Å². The first-order valence-corrected chi connectivity index (χ1v) is 11.8. The summed E-state index contributed by atoms with van der Waals surface area (Å²) in [6.45, 7) is 2.20. The highest BCUT2D eigenvalue weighted by molar-refractivity contribution is 6.79. The van der Waals surface area contributed by atoms with Crippen molar-refractivity contribution in [3.63, 3.8) is 0 Å². The van der Waals surface area contributed by atoms with Gasteiger partial charge in [-0.05, 0) is 13.8 Å². The van der Waals surface area contributed by atoms with E-state index < -0.39 is 34.7 Å². The number of hydrogen-bond donors (Lipinski definition) is 0. The van der Waals surface area contributed by atoms with E-state index in [4.69, 9.17) is 186 Å². The number of halogens is 16. The number of hydrogen-bond acceptors (Lipinski definition) is 0. The molecule has 0 aromatic heterocycles. The fraction of sp³-hybridized carbons (Fsp3) is 1.00. The molecule has 0 rings (SSSR count). The third-order valence-corrected chi connectivity index (χ3v) is 13.9. The van der Waals surface area contributed by atoms with E-state index in [9.17, 15) is 0 Å². The van der Waals surface area contributed by atoms with E-state index >= 15 is 0 Å². The molecule has 0 nitrogen and oxygen atoms in total. The van der Waals surface area contributed by atoms with Crippen LogP contribution in [0, 0.1) is 0 Å². The van der Waals surface area contributed by atoms with Crippen molar-refractivity contribution in [2.24, 2.45) is 0 Å². The Morgan fingerprint density at radius 3 is 0.577 bits per heavy atom. The first-order valence-electron chi connectivity index (χ1n) is 5.77. The molecule has 2 unspecified atom stereocenters. The van der Waals surface area contributed by atoms with Gasteiger partial charge in [0.25, 0.3) is 0 Å². The summed E-state index contributed by atoms with van der Waals surface area (Å²) < 4.78 is -15.4. The fourth-order valence-electron chi connectivity index (χ4n) is 1.34. The maximum atomic E-state index is 6.27. The molecule has 0 aromatic rings. The smallest absolute Gasteiger partial charge is 0.111 e. The molecule has 0 saturated carbocycles. The van der Waals surface area contributed by atoms with Crippen LogP contribution in [0.3, 0.4) is 0 Å². The zero-order chi connectivity index (χ0) is 22.0. The first-order chi connectivity index (χ1) is 10.8. The Kier molecular flexibility index (Phi) is 10.3. The summed E-state index contributed by atoms with van der Waals surface area (Å²) >= 11 is 97.4. The highest BCUT2D eigenvalue weighted by Gasteiger charge is 2.79. The topological polar surface area (TPSA) is 0 Å². The molecule has 26 heavy (non-hydrogen) atoms. The quantitative estimate of drug-likeness (QED) is 0.252. The van der Waals surface area contributed by atoms with Crippen molar-refractivity contribution in [3.8, 4) is 0 Å². The van der Waals surface area contributed by atoms with Gasteiger partial charge < -0.3 is 0 Å². The van der Waals surface area contributed by atoms with E-state index in [0.29, 0.717) is 0 Å². The van der Waals surface area contributed by atoms with Crippen LogP contribution in [0.2, 0.25) is 0 Å². The van der Waals surface area contributed by atoms with Crippen molar-refractivity contribution < 1.29 is 0 Å². The summed E-state index contributed by atoms with van der Waals surface area (Å²) in [6.07, 6.45) is 0. The van der Waals surface area contributed by atoms with Gasteiger partial charge in [0.15, 0.2) is 17.3 Å². The molecule has 0 aliphatic heterocycles. The number of rotatable bonds is 5. The Labute approximate surface area is 231 Å². The Hall–Kier alpha value is 4.64. The lowest BCUT2D eigenvalue weighted by Gasteiger charge is -2.55. The first kappa shape index (κ1) is 30.6. The van der Waals surface area contributed by atoms with E-state index in [0.717, 1.165) is 13.8 Å². The van der Waals surface area contributed by atoms with Crippen LogP contribution in [-0.2, 0) is 0 Å². The second-order valence-corrected chi connectivity index (χ2v) is 16.7. The highest BCUT2D eigenvalue weighted by atomic mass is 35.6. The van der Waals surface area contributed by atoms with Gasteiger partial charge in [-0.1, -0.05) is 162 Å². The normalized spacial score (nSPS) is 20.5. The SMILES string of the molecule is CC(Cl)(C(Cl)(Cl)Cl)C(Cl)(Cl)C(Cl)(Cl)C(Cl)(Cl)C(Cl)(Cl)C(C)(Cl)C(Cl)(Cl)Cl. The lowest BCUT2D eigenvalue weighted by Crippen LogP contribution is -2.70. The Bertz CT molecular complexity index is 470. The minimum atomic E-state index is -2.76. The van der Waals surface area contributed by atoms with E-state index in [1.165, 1.54) is 0 Å². The standard InChI is InChI=1S/C10H6Cl16/c1-3(11,9(21,22)23)5(13,14)7(17,18)8(19,20)6(15,16)4(2,12)10(24,25)26/h1-2H3. The molecule has 0 N–H and O–H groups in total. The molecule has 158 valence electrons. The van der Waals surface area contributed by atoms with Crippen molar-refractivity contribution in [2.75, 3.05) is 0 Å². The van der Waals surface area contributed by atoms with Crippen LogP contribution in [0.15, 0.2) is 0 Å². The van der Waals surface area contributed by atoms with Gasteiger partial charge in [0.1, 0.15) is 9.75 Å². The molecule has 0 aliphatic carbocycles. The molecular formula is C10H6Cl16. The van der Waals surface area contributed by atoms with Crippen molar-refractivity contribution in [3.05, 3.63) is 0 Å². The van der Waals surface area contributed by atoms with Gasteiger partial charge in [-0.2, -0.15) is 0 Å². The molecule has 0 radical (unpaired) electrons. The second kappa shape index (κ2) is 8.77. The van der Waals surface area contributed by atoms with Gasteiger partial charge in [-0.25, -0.2) is 0 Å². The molecule has 0 heterocycles. The molecule has 0 saturated heterocycles. The average molecular weight is 693 g/mol. The van der Waals surface area contributed by atoms with E-state index in [1.807, 2.05) is 0 Å². The summed E-state index contributed by atoms with van der Waals surface area (Å²) in [5, 5.41) is 0. The average Bonchev–Trinajstić information content (AvgIpc) is 2.34. The van der Waals surface area contributed by atoms with Crippen LogP contribution in [0.1, 0.15) is 13.8 Å². The Morgan fingerprint density at radius 2 is 0.462 bits per heavy atom. The predicted molar refractivity (Wildman–Crippen MR) is 127 cm³/mol. The molecule has 0 aliphatic rings. The van der Waals surface area contributed by atoms with Crippen LogP contribution in [0.25, 0.3) is 0 Å². The highest BCUT2D eigenvalue weighted by Crippen LogP contribution is 2.71. The lowest BCUT2D eigenvalue weighted by atomic mass is 9.95. The van der Waals surface area contributed by atoms with Crippen LogP contribution >= 0.6 is 186 Å². The maximum absolute atomic E-state index is 6.27.